The van der Waals surface area contributed by atoms with E-state index in [2.05, 4.69) is 18.8 Å². The maximum Gasteiger partial charge on any atom is 0.150 e. The molecule has 1 unspecified atom stereocenters. The van der Waals surface area contributed by atoms with Crippen molar-refractivity contribution in [3.8, 4) is 0 Å². The van der Waals surface area contributed by atoms with Crippen LogP contribution >= 0.6 is 0 Å². The Morgan fingerprint density at radius 3 is 2.53 bits per heavy atom. The van der Waals surface area contributed by atoms with Gasteiger partial charge in [-0.25, -0.2) is 8.42 Å². The first-order valence-corrected chi connectivity index (χ1v) is 9.29. The molecule has 0 saturated heterocycles. The first-order valence-electron chi connectivity index (χ1n) is 7.34. The lowest BCUT2D eigenvalue weighted by Crippen LogP contribution is -2.25. The predicted molar refractivity (Wildman–Crippen MR) is 80.5 cm³/mol. The molecule has 0 aromatic rings. The average molecular weight is 283 g/mol. The van der Waals surface area contributed by atoms with E-state index in [4.69, 9.17) is 0 Å². The largest absolute Gasteiger partial charge is 0.289 e. The molecule has 0 bridgehead atoms. The lowest BCUT2D eigenvalue weighted by Gasteiger charge is -2.27. The predicted octanol–water partition coefficient (Wildman–Crippen LogP) is 3.16. The maximum absolute atomic E-state index is 11.7. The summed E-state index contributed by atoms with van der Waals surface area (Å²) in [4.78, 5) is 4.67. The Labute approximate surface area is 117 Å². The van der Waals surface area contributed by atoms with E-state index in [9.17, 15) is 8.42 Å². The van der Waals surface area contributed by atoms with Gasteiger partial charge < -0.3 is 0 Å². The Balaban J connectivity index is 2.21. The minimum atomic E-state index is -2.90. The van der Waals surface area contributed by atoms with E-state index < -0.39 is 9.84 Å². The molecule has 1 aliphatic carbocycles. The summed E-state index contributed by atoms with van der Waals surface area (Å²) in [7, 11) is -2.90. The highest BCUT2D eigenvalue weighted by Gasteiger charge is 2.27. The van der Waals surface area contributed by atoms with E-state index in [-0.39, 0.29) is 5.25 Å². The molecular formula is C15H25NO2S. The molecular weight excluding hydrogens is 258 g/mol. The first kappa shape index (κ1) is 14.8. The minimum Gasteiger partial charge on any atom is -0.289 e. The van der Waals surface area contributed by atoms with Crippen LogP contribution in [0.1, 0.15) is 52.4 Å². The summed E-state index contributed by atoms with van der Waals surface area (Å²) in [5.41, 5.74) is 4.21. The second-order valence-corrected chi connectivity index (χ2v) is 8.45. The second kappa shape index (κ2) is 5.78. The zero-order valence-corrected chi connectivity index (χ0v) is 13.1. The van der Waals surface area contributed by atoms with Crippen LogP contribution in [0.2, 0.25) is 0 Å². The zero-order valence-electron chi connectivity index (χ0n) is 12.3. The van der Waals surface area contributed by atoms with Gasteiger partial charge in [0, 0.05) is 18.5 Å². The van der Waals surface area contributed by atoms with Gasteiger partial charge in [-0.15, -0.1) is 0 Å². The van der Waals surface area contributed by atoms with Gasteiger partial charge in [-0.1, -0.05) is 19.4 Å². The normalized spacial score (nSPS) is 25.7. The summed E-state index contributed by atoms with van der Waals surface area (Å²) in [6, 6.07) is 0. The maximum atomic E-state index is 11.7. The Morgan fingerprint density at radius 1 is 1.16 bits per heavy atom. The van der Waals surface area contributed by atoms with Crippen molar-refractivity contribution >= 4 is 15.5 Å². The van der Waals surface area contributed by atoms with Crippen molar-refractivity contribution in [3.63, 3.8) is 0 Å². The smallest absolute Gasteiger partial charge is 0.150 e. The molecule has 0 N–H and O–H groups in total. The monoisotopic (exact) mass is 283 g/mol. The summed E-state index contributed by atoms with van der Waals surface area (Å²) < 4.78 is 23.5. The van der Waals surface area contributed by atoms with Gasteiger partial charge in [-0.2, -0.15) is 0 Å². The van der Waals surface area contributed by atoms with Crippen LogP contribution in [-0.2, 0) is 9.84 Å². The van der Waals surface area contributed by atoms with E-state index >= 15 is 0 Å². The molecule has 0 spiro atoms. The molecule has 108 valence electrons. The molecule has 1 fully saturated rings. The summed E-state index contributed by atoms with van der Waals surface area (Å²) >= 11 is 0. The topological polar surface area (TPSA) is 46.5 Å². The molecule has 3 nitrogen and oxygen atoms in total. The summed E-state index contributed by atoms with van der Waals surface area (Å²) in [6.45, 7) is 5.39. The zero-order chi connectivity index (χ0) is 14.0. The number of aliphatic imine (C=N–C) groups is 1. The quantitative estimate of drug-likeness (QED) is 0.781. The highest BCUT2D eigenvalue weighted by molar-refractivity contribution is 7.91. The molecule has 1 heterocycles. The van der Waals surface area contributed by atoms with Crippen LogP contribution < -0.4 is 0 Å². The Kier molecular flexibility index (Phi) is 4.49. The fourth-order valence-electron chi connectivity index (χ4n) is 3.29. The summed E-state index contributed by atoms with van der Waals surface area (Å²) in [5.74, 6) is 0.589. The number of fused-ring (bicyclic) bond motifs is 1. The van der Waals surface area contributed by atoms with Crippen molar-refractivity contribution in [3.05, 3.63) is 11.1 Å². The Morgan fingerprint density at radius 2 is 1.89 bits per heavy atom. The lowest BCUT2D eigenvalue weighted by atomic mass is 9.84. The molecule has 0 aromatic carbocycles. The summed E-state index contributed by atoms with van der Waals surface area (Å²) in [6.07, 6.45) is 6.84. The Bertz CT molecular complexity index is 500. The first-order chi connectivity index (χ1) is 8.89. The van der Waals surface area contributed by atoms with Crippen LogP contribution in [0.15, 0.2) is 16.1 Å². The van der Waals surface area contributed by atoms with E-state index in [1.165, 1.54) is 17.5 Å². The number of rotatable bonds is 2. The molecule has 1 aliphatic heterocycles. The molecule has 0 aromatic heterocycles. The number of nitrogens with zero attached hydrogens (tertiary/aromatic N) is 1. The third-order valence-electron chi connectivity index (χ3n) is 4.38. The molecule has 19 heavy (non-hydrogen) atoms. The average Bonchev–Trinajstić information content (AvgIpc) is 2.27. The molecule has 0 amide bonds. The molecule has 4 heteroatoms. The minimum absolute atomic E-state index is 0.166. The van der Waals surface area contributed by atoms with Gasteiger partial charge in [-0.05, 0) is 50.0 Å². The standard InChI is InChI=1S/C15H25NO2S/c1-11(2)13-9-10-16-15-8-7-12(19(3,17)18)5-4-6-14(13)15/h11-12H,4-10H2,1-3H3. The van der Waals surface area contributed by atoms with Crippen LogP contribution in [0.3, 0.4) is 0 Å². The van der Waals surface area contributed by atoms with E-state index in [1.54, 1.807) is 5.57 Å². The molecule has 1 atom stereocenters. The number of dihydropyridines is 1. The van der Waals surface area contributed by atoms with Gasteiger partial charge in [0.25, 0.3) is 0 Å². The van der Waals surface area contributed by atoms with Gasteiger partial charge in [-0.3, -0.25) is 4.99 Å². The number of hydrogen-bond donors (Lipinski definition) is 0. The number of allylic oxidation sites excluding steroid dienone is 1. The summed E-state index contributed by atoms with van der Waals surface area (Å²) in [5, 5.41) is -0.166. The highest BCUT2D eigenvalue weighted by atomic mass is 32.2. The lowest BCUT2D eigenvalue weighted by molar-refractivity contribution is 0.554. The van der Waals surface area contributed by atoms with Crippen molar-refractivity contribution in [2.75, 3.05) is 12.8 Å². The fraction of sp³-hybridized carbons (Fsp3) is 0.800. The van der Waals surface area contributed by atoms with Gasteiger partial charge in [0.2, 0.25) is 0 Å². The Hall–Kier alpha value is -0.640. The van der Waals surface area contributed by atoms with Crippen LogP contribution in [0, 0.1) is 5.92 Å². The molecule has 1 saturated carbocycles. The van der Waals surface area contributed by atoms with Crippen molar-refractivity contribution in [2.24, 2.45) is 10.9 Å². The van der Waals surface area contributed by atoms with Crippen LogP contribution in [0.5, 0.6) is 0 Å². The van der Waals surface area contributed by atoms with Gasteiger partial charge in [0.1, 0.15) is 9.84 Å². The molecule has 2 aliphatic rings. The fourth-order valence-corrected chi connectivity index (χ4v) is 4.43. The van der Waals surface area contributed by atoms with E-state index in [0.717, 1.165) is 45.1 Å². The third kappa shape index (κ3) is 3.47. The van der Waals surface area contributed by atoms with Crippen molar-refractivity contribution < 1.29 is 8.42 Å². The number of sulfone groups is 1. The molecule has 2 rings (SSSR count). The SMILES string of the molecule is CC(C)C1=C2CCCC(S(C)(=O)=O)CCC2=NCC1. The van der Waals surface area contributed by atoms with Gasteiger partial charge in [0.15, 0.2) is 0 Å². The highest BCUT2D eigenvalue weighted by Crippen LogP contribution is 2.32. The van der Waals surface area contributed by atoms with Crippen molar-refractivity contribution in [2.45, 2.75) is 57.6 Å². The molecule has 0 radical (unpaired) electrons. The van der Waals surface area contributed by atoms with Gasteiger partial charge >= 0.3 is 0 Å². The third-order valence-corrected chi connectivity index (χ3v) is 6.06. The number of hydrogen-bond acceptors (Lipinski definition) is 3. The van der Waals surface area contributed by atoms with Gasteiger partial charge in [0.05, 0.1) is 5.25 Å². The van der Waals surface area contributed by atoms with Crippen LogP contribution in [-0.4, -0.2) is 32.2 Å². The van der Waals surface area contributed by atoms with Crippen molar-refractivity contribution in [1.29, 1.82) is 0 Å². The second-order valence-electron chi connectivity index (χ2n) is 6.12. The van der Waals surface area contributed by atoms with Crippen LogP contribution in [0.25, 0.3) is 0 Å². The van der Waals surface area contributed by atoms with Crippen molar-refractivity contribution in [1.82, 2.24) is 0 Å². The van der Waals surface area contributed by atoms with Crippen LogP contribution in [0.4, 0.5) is 0 Å². The van der Waals surface area contributed by atoms with E-state index in [0.29, 0.717) is 5.92 Å². The van der Waals surface area contributed by atoms with E-state index in [1.807, 2.05) is 0 Å².